The highest BCUT2D eigenvalue weighted by Gasteiger charge is 2.27. The van der Waals surface area contributed by atoms with Crippen LogP contribution in [-0.4, -0.2) is 36.6 Å². The normalized spacial score (nSPS) is 29.6. The molecule has 0 aromatic heterocycles. The SMILES string of the molecule is C1CCC(N2CCC(CNC3CC3)CC2)CC1. The molecule has 2 aliphatic carbocycles. The number of hydrogen-bond acceptors (Lipinski definition) is 2. The van der Waals surface area contributed by atoms with E-state index in [1.165, 1.54) is 77.4 Å². The predicted octanol–water partition coefficient (Wildman–Crippen LogP) is 2.78. The molecule has 2 saturated carbocycles. The summed E-state index contributed by atoms with van der Waals surface area (Å²) in [6.07, 6.45) is 13.1. The van der Waals surface area contributed by atoms with E-state index in [2.05, 4.69) is 10.2 Å². The Kier molecular flexibility index (Phi) is 4.02. The van der Waals surface area contributed by atoms with Crippen molar-refractivity contribution in [2.45, 2.75) is 69.9 Å². The molecule has 0 atom stereocenters. The van der Waals surface area contributed by atoms with Crippen molar-refractivity contribution in [3.05, 3.63) is 0 Å². The van der Waals surface area contributed by atoms with Crippen molar-refractivity contribution in [3.63, 3.8) is 0 Å². The minimum atomic E-state index is 0.895. The summed E-state index contributed by atoms with van der Waals surface area (Å²) in [6.45, 7) is 4.05. The fourth-order valence-corrected chi connectivity index (χ4v) is 3.59. The number of rotatable bonds is 4. The Hall–Kier alpha value is -0.0800. The van der Waals surface area contributed by atoms with Gasteiger partial charge in [-0.05, 0) is 64.1 Å². The summed E-state index contributed by atoms with van der Waals surface area (Å²) in [5.74, 6) is 0.968. The molecule has 0 aromatic rings. The maximum atomic E-state index is 3.70. The van der Waals surface area contributed by atoms with Gasteiger partial charge in [-0.3, -0.25) is 0 Å². The molecule has 0 radical (unpaired) electrons. The molecule has 0 unspecified atom stereocenters. The summed E-state index contributed by atoms with van der Waals surface area (Å²) in [7, 11) is 0. The van der Waals surface area contributed by atoms with Gasteiger partial charge in [0.2, 0.25) is 0 Å². The van der Waals surface area contributed by atoms with Gasteiger partial charge >= 0.3 is 0 Å². The lowest BCUT2D eigenvalue weighted by Gasteiger charge is -2.39. The average molecular weight is 236 g/mol. The van der Waals surface area contributed by atoms with Gasteiger partial charge in [-0.1, -0.05) is 19.3 Å². The van der Waals surface area contributed by atoms with Crippen LogP contribution in [0.3, 0.4) is 0 Å². The zero-order chi connectivity index (χ0) is 11.5. The third-order valence-corrected chi connectivity index (χ3v) is 5.01. The molecule has 1 saturated heterocycles. The van der Waals surface area contributed by atoms with Gasteiger partial charge < -0.3 is 10.2 Å². The fraction of sp³-hybridized carbons (Fsp3) is 1.00. The highest BCUT2D eigenvalue weighted by molar-refractivity contribution is 4.85. The van der Waals surface area contributed by atoms with E-state index in [0.29, 0.717) is 0 Å². The summed E-state index contributed by atoms with van der Waals surface area (Å²) in [4.78, 5) is 2.80. The zero-order valence-corrected chi connectivity index (χ0v) is 11.2. The van der Waals surface area contributed by atoms with E-state index in [1.807, 2.05) is 0 Å². The molecule has 1 heterocycles. The van der Waals surface area contributed by atoms with Gasteiger partial charge in [0.05, 0.1) is 0 Å². The quantitative estimate of drug-likeness (QED) is 0.807. The van der Waals surface area contributed by atoms with Crippen LogP contribution in [0.1, 0.15) is 57.8 Å². The van der Waals surface area contributed by atoms with E-state index in [0.717, 1.165) is 18.0 Å². The first-order valence-electron chi connectivity index (χ1n) is 7.89. The van der Waals surface area contributed by atoms with Gasteiger partial charge in [0.15, 0.2) is 0 Å². The Morgan fingerprint density at radius 2 is 1.53 bits per heavy atom. The molecule has 2 nitrogen and oxygen atoms in total. The van der Waals surface area contributed by atoms with Crippen molar-refractivity contribution >= 4 is 0 Å². The summed E-state index contributed by atoms with van der Waals surface area (Å²) in [6, 6.07) is 1.84. The molecular weight excluding hydrogens is 208 g/mol. The molecule has 17 heavy (non-hydrogen) atoms. The second kappa shape index (κ2) is 5.71. The van der Waals surface area contributed by atoms with E-state index in [-0.39, 0.29) is 0 Å². The van der Waals surface area contributed by atoms with Crippen LogP contribution < -0.4 is 5.32 Å². The fourth-order valence-electron chi connectivity index (χ4n) is 3.59. The van der Waals surface area contributed by atoms with Crippen molar-refractivity contribution in [2.75, 3.05) is 19.6 Å². The molecule has 1 aliphatic heterocycles. The zero-order valence-electron chi connectivity index (χ0n) is 11.2. The molecule has 0 spiro atoms. The number of piperidine rings is 1. The molecule has 0 aromatic carbocycles. The van der Waals surface area contributed by atoms with Crippen LogP contribution in [0.25, 0.3) is 0 Å². The number of likely N-dealkylation sites (tertiary alicyclic amines) is 1. The minimum Gasteiger partial charge on any atom is -0.314 e. The van der Waals surface area contributed by atoms with Gasteiger partial charge in [0, 0.05) is 12.1 Å². The largest absolute Gasteiger partial charge is 0.314 e. The maximum absolute atomic E-state index is 3.70. The number of nitrogens with zero attached hydrogens (tertiary/aromatic N) is 1. The van der Waals surface area contributed by atoms with Crippen molar-refractivity contribution in [3.8, 4) is 0 Å². The number of hydrogen-bond donors (Lipinski definition) is 1. The third-order valence-electron chi connectivity index (χ3n) is 5.01. The molecular formula is C15H28N2. The highest BCUT2D eigenvalue weighted by Crippen LogP contribution is 2.27. The second-order valence-electron chi connectivity index (χ2n) is 6.45. The van der Waals surface area contributed by atoms with Crippen LogP contribution >= 0.6 is 0 Å². The van der Waals surface area contributed by atoms with Crippen molar-refractivity contribution in [2.24, 2.45) is 5.92 Å². The summed E-state index contributed by atoms with van der Waals surface area (Å²) in [5.41, 5.74) is 0. The van der Waals surface area contributed by atoms with E-state index < -0.39 is 0 Å². The Bertz CT molecular complexity index is 223. The van der Waals surface area contributed by atoms with Crippen LogP contribution in [-0.2, 0) is 0 Å². The van der Waals surface area contributed by atoms with E-state index in [1.54, 1.807) is 0 Å². The van der Waals surface area contributed by atoms with Crippen molar-refractivity contribution < 1.29 is 0 Å². The summed E-state index contributed by atoms with van der Waals surface area (Å²) < 4.78 is 0. The smallest absolute Gasteiger partial charge is 0.00952 e. The van der Waals surface area contributed by atoms with E-state index in [4.69, 9.17) is 0 Å². The van der Waals surface area contributed by atoms with Crippen LogP contribution in [0.4, 0.5) is 0 Å². The van der Waals surface area contributed by atoms with Crippen LogP contribution in [0.15, 0.2) is 0 Å². The average Bonchev–Trinajstić information content (AvgIpc) is 3.22. The molecule has 2 heteroatoms. The molecule has 98 valence electrons. The minimum absolute atomic E-state index is 0.895. The van der Waals surface area contributed by atoms with Gasteiger partial charge in [-0.15, -0.1) is 0 Å². The molecule has 1 N–H and O–H groups in total. The van der Waals surface area contributed by atoms with E-state index >= 15 is 0 Å². The predicted molar refractivity (Wildman–Crippen MR) is 72.2 cm³/mol. The molecule has 3 fully saturated rings. The van der Waals surface area contributed by atoms with Gasteiger partial charge in [0.1, 0.15) is 0 Å². The third kappa shape index (κ3) is 3.45. The lowest BCUT2D eigenvalue weighted by Crippen LogP contribution is -2.44. The van der Waals surface area contributed by atoms with Gasteiger partial charge in [-0.25, -0.2) is 0 Å². The maximum Gasteiger partial charge on any atom is 0.00952 e. The molecule has 3 rings (SSSR count). The summed E-state index contributed by atoms with van der Waals surface area (Å²) in [5, 5.41) is 3.70. The Labute approximate surface area is 106 Å². The monoisotopic (exact) mass is 236 g/mol. The first kappa shape index (κ1) is 12.0. The Balaban J connectivity index is 1.36. The Morgan fingerprint density at radius 3 is 2.18 bits per heavy atom. The lowest BCUT2D eigenvalue weighted by molar-refractivity contribution is 0.106. The lowest BCUT2D eigenvalue weighted by atomic mass is 9.90. The first-order chi connectivity index (χ1) is 8.42. The van der Waals surface area contributed by atoms with Crippen molar-refractivity contribution in [1.29, 1.82) is 0 Å². The summed E-state index contributed by atoms with van der Waals surface area (Å²) >= 11 is 0. The van der Waals surface area contributed by atoms with Crippen molar-refractivity contribution in [1.82, 2.24) is 10.2 Å². The Morgan fingerprint density at radius 1 is 0.824 bits per heavy atom. The van der Waals surface area contributed by atoms with Crippen LogP contribution in [0.5, 0.6) is 0 Å². The standard InChI is InChI=1S/C15H28N2/c1-2-4-15(5-3-1)17-10-8-13(9-11-17)12-16-14-6-7-14/h13-16H,1-12H2. The second-order valence-corrected chi connectivity index (χ2v) is 6.45. The van der Waals surface area contributed by atoms with Crippen LogP contribution in [0.2, 0.25) is 0 Å². The molecule has 0 bridgehead atoms. The van der Waals surface area contributed by atoms with Crippen LogP contribution in [0, 0.1) is 5.92 Å². The highest BCUT2D eigenvalue weighted by atomic mass is 15.2. The van der Waals surface area contributed by atoms with Gasteiger partial charge in [0.25, 0.3) is 0 Å². The first-order valence-corrected chi connectivity index (χ1v) is 7.89. The van der Waals surface area contributed by atoms with E-state index in [9.17, 15) is 0 Å². The number of nitrogens with one attached hydrogen (secondary N) is 1. The molecule has 3 aliphatic rings. The molecule has 0 amide bonds. The topological polar surface area (TPSA) is 15.3 Å². The van der Waals surface area contributed by atoms with Gasteiger partial charge in [-0.2, -0.15) is 0 Å².